The molecule has 1 heterocycles. The standard InChI is InChI=1S/C7H11NO2/c8-7-3-1-2-5(4-7)10-6(7)9/h5H,1-4,8H2/t5-,7-/m0/s1. The molecule has 3 heteroatoms. The van der Waals surface area contributed by atoms with Gasteiger partial charge < -0.3 is 10.5 Å². The van der Waals surface area contributed by atoms with Crippen LogP contribution in [0.15, 0.2) is 0 Å². The van der Waals surface area contributed by atoms with Gasteiger partial charge in [0.15, 0.2) is 0 Å². The minimum absolute atomic E-state index is 0.131. The summed E-state index contributed by atoms with van der Waals surface area (Å²) in [6.07, 6.45) is 3.72. The van der Waals surface area contributed by atoms with Crippen molar-refractivity contribution in [3.63, 3.8) is 0 Å². The maximum Gasteiger partial charge on any atom is 0.326 e. The van der Waals surface area contributed by atoms with Crippen LogP contribution in [0.5, 0.6) is 0 Å². The first-order valence-corrected chi connectivity index (χ1v) is 3.71. The van der Waals surface area contributed by atoms with Crippen LogP contribution in [0.25, 0.3) is 0 Å². The summed E-state index contributed by atoms with van der Waals surface area (Å²) in [5.74, 6) is -0.185. The van der Waals surface area contributed by atoms with E-state index in [0.717, 1.165) is 25.7 Å². The van der Waals surface area contributed by atoms with Crippen LogP contribution < -0.4 is 5.73 Å². The van der Waals surface area contributed by atoms with Crippen LogP contribution in [0.3, 0.4) is 0 Å². The van der Waals surface area contributed by atoms with Gasteiger partial charge in [-0.05, 0) is 19.3 Å². The van der Waals surface area contributed by atoms with Crippen molar-refractivity contribution in [2.45, 2.75) is 37.3 Å². The quantitative estimate of drug-likeness (QED) is 0.490. The molecule has 2 bridgehead atoms. The van der Waals surface area contributed by atoms with E-state index >= 15 is 0 Å². The second kappa shape index (κ2) is 1.72. The second-order valence-corrected chi connectivity index (χ2v) is 3.28. The van der Waals surface area contributed by atoms with Gasteiger partial charge in [0.05, 0.1) is 0 Å². The number of nitrogens with two attached hydrogens (primary N) is 1. The fourth-order valence-electron chi connectivity index (χ4n) is 1.81. The van der Waals surface area contributed by atoms with Gasteiger partial charge in [0.1, 0.15) is 11.6 Å². The van der Waals surface area contributed by atoms with Crippen LogP contribution in [0, 0.1) is 0 Å². The van der Waals surface area contributed by atoms with E-state index in [9.17, 15) is 4.79 Å². The number of esters is 1. The number of ether oxygens (including phenoxy) is 1. The van der Waals surface area contributed by atoms with Crippen LogP contribution in [-0.4, -0.2) is 17.6 Å². The van der Waals surface area contributed by atoms with Crippen molar-refractivity contribution >= 4 is 5.97 Å². The molecule has 0 aromatic rings. The Bertz CT molecular complexity index is 180. The van der Waals surface area contributed by atoms with Crippen LogP contribution >= 0.6 is 0 Å². The number of carbonyl (C=O) groups excluding carboxylic acids is 1. The van der Waals surface area contributed by atoms with E-state index in [2.05, 4.69) is 0 Å². The lowest BCUT2D eigenvalue weighted by atomic mass is 9.84. The normalized spacial score (nSPS) is 45.3. The Morgan fingerprint density at radius 1 is 1.70 bits per heavy atom. The molecule has 0 aromatic heterocycles. The fraction of sp³-hybridized carbons (Fsp3) is 0.857. The Kier molecular flexibility index (Phi) is 1.06. The molecule has 0 radical (unpaired) electrons. The van der Waals surface area contributed by atoms with Crippen LogP contribution in [0.1, 0.15) is 25.7 Å². The summed E-state index contributed by atoms with van der Waals surface area (Å²) in [5, 5.41) is 0. The Labute approximate surface area is 59.5 Å². The Morgan fingerprint density at radius 2 is 2.50 bits per heavy atom. The van der Waals surface area contributed by atoms with E-state index in [-0.39, 0.29) is 12.1 Å². The SMILES string of the molecule is N[C@@]12CCC[C@@H](C1)OC2=O. The minimum atomic E-state index is -0.608. The van der Waals surface area contributed by atoms with Crippen LogP contribution in [0.4, 0.5) is 0 Å². The number of rotatable bonds is 0. The molecule has 10 heavy (non-hydrogen) atoms. The summed E-state index contributed by atoms with van der Waals surface area (Å²) in [5.41, 5.74) is 5.16. The van der Waals surface area contributed by atoms with Gasteiger partial charge >= 0.3 is 5.97 Å². The number of carbonyl (C=O) groups is 1. The molecule has 1 saturated heterocycles. The highest BCUT2D eigenvalue weighted by molar-refractivity contribution is 5.83. The van der Waals surface area contributed by atoms with Crippen molar-refractivity contribution in [2.75, 3.05) is 0 Å². The van der Waals surface area contributed by atoms with Crippen LogP contribution in [0.2, 0.25) is 0 Å². The predicted molar refractivity (Wildman–Crippen MR) is 35.3 cm³/mol. The number of fused-ring (bicyclic) bond motifs is 2. The first-order chi connectivity index (χ1) is 4.71. The molecule has 2 fully saturated rings. The molecule has 2 atom stereocenters. The van der Waals surface area contributed by atoms with E-state index < -0.39 is 5.54 Å². The Hall–Kier alpha value is -0.570. The molecule has 0 unspecified atom stereocenters. The summed E-state index contributed by atoms with van der Waals surface area (Å²) in [6, 6.07) is 0. The molecule has 1 saturated carbocycles. The lowest BCUT2D eigenvalue weighted by molar-refractivity contribution is -0.144. The molecular weight excluding hydrogens is 130 g/mol. The average Bonchev–Trinajstić information content (AvgIpc) is 2.04. The van der Waals surface area contributed by atoms with E-state index in [1.807, 2.05) is 0 Å². The summed E-state index contributed by atoms with van der Waals surface area (Å²) in [6.45, 7) is 0. The number of hydrogen-bond donors (Lipinski definition) is 1. The van der Waals surface area contributed by atoms with E-state index in [4.69, 9.17) is 10.5 Å². The highest BCUT2D eigenvalue weighted by Gasteiger charge is 2.48. The average molecular weight is 141 g/mol. The summed E-state index contributed by atoms with van der Waals surface area (Å²) in [7, 11) is 0. The van der Waals surface area contributed by atoms with Crippen LogP contribution in [-0.2, 0) is 9.53 Å². The minimum Gasteiger partial charge on any atom is -0.461 e. The van der Waals surface area contributed by atoms with Gasteiger partial charge in [-0.15, -0.1) is 0 Å². The maximum atomic E-state index is 11.0. The maximum absolute atomic E-state index is 11.0. The molecule has 2 aliphatic rings. The van der Waals surface area contributed by atoms with Gasteiger partial charge in [0, 0.05) is 6.42 Å². The molecule has 56 valence electrons. The topological polar surface area (TPSA) is 52.3 Å². The number of hydrogen-bond acceptors (Lipinski definition) is 3. The summed E-state index contributed by atoms with van der Waals surface area (Å²) in [4.78, 5) is 11.0. The first-order valence-electron chi connectivity index (χ1n) is 3.71. The van der Waals surface area contributed by atoms with Gasteiger partial charge in [0.25, 0.3) is 0 Å². The molecular formula is C7H11NO2. The zero-order valence-electron chi connectivity index (χ0n) is 5.80. The largest absolute Gasteiger partial charge is 0.461 e. The molecule has 0 spiro atoms. The third-order valence-corrected chi connectivity index (χ3v) is 2.42. The highest BCUT2D eigenvalue weighted by atomic mass is 16.6. The molecule has 0 aromatic carbocycles. The Morgan fingerprint density at radius 3 is 3.10 bits per heavy atom. The molecule has 0 amide bonds. The second-order valence-electron chi connectivity index (χ2n) is 3.28. The van der Waals surface area contributed by atoms with E-state index in [1.54, 1.807) is 0 Å². The predicted octanol–water partition coefficient (Wildman–Crippen LogP) is 0.183. The molecule has 1 aliphatic carbocycles. The van der Waals surface area contributed by atoms with Gasteiger partial charge in [-0.3, -0.25) is 4.79 Å². The lowest BCUT2D eigenvalue weighted by Crippen LogP contribution is -2.45. The van der Waals surface area contributed by atoms with Crippen molar-refractivity contribution < 1.29 is 9.53 Å². The van der Waals surface area contributed by atoms with Crippen molar-refractivity contribution in [1.82, 2.24) is 0 Å². The molecule has 1 aliphatic heterocycles. The van der Waals surface area contributed by atoms with E-state index in [1.165, 1.54) is 0 Å². The van der Waals surface area contributed by atoms with E-state index in [0.29, 0.717) is 0 Å². The monoisotopic (exact) mass is 141 g/mol. The zero-order chi connectivity index (χ0) is 7.19. The van der Waals surface area contributed by atoms with Gasteiger partial charge in [-0.2, -0.15) is 0 Å². The zero-order valence-corrected chi connectivity index (χ0v) is 5.80. The Balaban J connectivity index is 2.26. The first kappa shape index (κ1) is 6.16. The lowest BCUT2D eigenvalue weighted by Gasteiger charge is -2.22. The third kappa shape index (κ3) is 0.669. The highest BCUT2D eigenvalue weighted by Crippen LogP contribution is 2.35. The van der Waals surface area contributed by atoms with Crippen molar-refractivity contribution in [3.05, 3.63) is 0 Å². The summed E-state index contributed by atoms with van der Waals surface area (Å²) < 4.78 is 5.02. The molecule has 2 rings (SSSR count). The van der Waals surface area contributed by atoms with Gasteiger partial charge in [-0.1, -0.05) is 0 Å². The molecule has 3 nitrogen and oxygen atoms in total. The fourth-order valence-corrected chi connectivity index (χ4v) is 1.81. The van der Waals surface area contributed by atoms with Crippen molar-refractivity contribution in [3.8, 4) is 0 Å². The van der Waals surface area contributed by atoms with Gasteiger partial charge in [-0.25, -0.2) is 0 Å². The van der Waals surface area contributed by atoms with Crippen molar-refractivity contribution in [1.29, 1.82) is 0 Å². The smallest absolute Gasteiger partial charge is 0.326 e. The third-order valence-electron chi connectivity index (χ3n) is 2.42. The van der Waals surface area contributed by atoms with Crippen molar-refractivity contribution in [2.24, 2.45) is 5.73 Å². The summed E-state index contributed by atoms with van der Waals surface area (Å²) >= 11 is 0. The molecule has 2 N–H and O–H groups in total. The van der Waals surface area contributed by atoms with Gasteiger partial charge in [0.2, 0.25) is 0 Å².